The third kappa shape index (κ3) is 3.21. The van der Waals surface area contributed by atoms with E-state index in [4.69, 9.17) is 10.5 Å². The van der Waals surface area contributed by atoms with Gasteiger partial charge in [-0.25, -0.2) is 4.39 Å². The minimum absolute atomic E-state index is 0.127. The number of halogens is 1. The Kier molecular flexibility index (Phi) is 4.05. The number of nitrogens with two attached hydrogens (primary N) is 1. The molecule has 0 aromatic heterocycles. The minimum Gasteiger partial charge on any atom is -0.484 e. The Morgan fingerprint density at radius 1 is 1.60 bits per heavy atom. The van der Waals surface area contributed by atoms with Gasteiger partial charge in [0.25, 0.3) is 5.91 Å². The van der Waals surface area contributed by atoms with Gasteiger partial charge in [-0.2, -0.15) is 0 Å². The molecule has 3 N–H and O–H groups in total. The molecule has 1 rings (SSSR count). The van der Waals surface area contributed by atoms with Gasteiger partial charge in [-0.1, -0.05) is 6.07 Å². The fourth-order valence-corrected chi connectivity index (χ4v) is 1.00. The summed E-state index contributed by atoms with van der Waals surface area (Å²) < 4.78 is 18.2. The molecule has 4 nitrogen and oxygen atoms in total. The first-order valence-electron chi connectivity index (χ1n) is 4.49. The van der Waals surface area contributed by atoms with Gasteiger partial charge in [-0.15, -0.1) is 0 Å². The SMILES string of the molecule is CNC(=O)COc1ccc(CN)c(F)c1. The molecule has 0 heterocycles. The Balaban J connectivity index is 2.63. The number of amides is 1. The van der Waals surface area contributed by atoms with Gasteiger partial charge in [0, 0.05) is 25.2 Å². The lowest BCUT2D eigenvalue weighted by Crippen LogP contribution is -2.24. The number of ether oxygens (including phenoxy) is 1. The maximum absolute atomic E-state index is 13.2. The van der Waals surface area contributed by atoms with Crippen LogP contribution >= 0.6 is 0 Å². The van der Waals surface area contributed by atoms with Crippen molar-refractivity contribution < 1.29 is 13.9 Å². The third-order valence-corrected chi connectivity index (χ3v) is 1.89. The van der Waals surface area contributed by atoms with Gasteiger partial charge in [0.2, 0.25) is 0 Å². The van der Waals surface area contributed by atoms with Gasteiger partial charge in [0.05, 0.1) is 0 Å². The molecule has 0 aliphatic carbocycles. The molecule has 0 saturated heterocycles. The lowest BCUT2D eigenvalue weighted by molar-refractivity contribution is -0.122. The standard InChI is InChI=1S/C10H13FN2O2/c1-13-10(14)6-15-8-3-2-7(5-12)9(11)4-8/h2-4H,5-6,12H2,1H3,(H,13,14). The summed E-state index contributed by atoms with van der Waals surface area (Å²) in [5, 5.41) is 2.39. The van der Waals surface area contributed by atoms with Gasteiger partial charge in [-0.05, 0) is 6.07 Å². The molecule has 0 aliphatic heterocycles. The summed E-state index contributed by atoms with van der Waals surface area (Å²) in [6.45, 7) is 0.0134. The number of rotatable bonds is 4. The predicted molar refractivity (Wildman–Crippen MR) is 53.9 cm³/mol. The fraction of sp³-hybridized carbons (Fsp3) is 0.300. The summed E-state index contributed by atoms with van der Waals surface area (Å²) in [7, 11) is 1.50. The average molecular weight is 212 g/mol. The number of hydrogen-bond acceptors (Lipinski definition) is 3. The highest BCUT2D eigenvalue weighted by atomic mass is 19.1. The smallest absolute Gasteiger partial charge is 0.257 e. The summed E-state index contributed by atoms with van der Waals surface area (Å²) in [4.78, 5) is 10.8. The molecule has 0 radical (unpaired) electrons. The first kappa shape index (κ1) is 11.5. The van der Waals surface area contributed by atoms with Crippen molar-refractivity contribution in [1.82, 2.24) is 5.32 Å². The van der Waals surface area contributed by atoms with Crippen molar-refractivity contribution in [2.45, 2.75) is 6.54 Å². The van der Waals surface area contributed by atoms with E-state index in [-0.39, 0.29) is 19.1 Å². The maximum Gasteiger partial charge on any atom is 0.257 e. The van der Waals surface area contributed by atoms with Crippen molar-refractivity contribution in [3.8, 4) is 5.75 Å². The van der Waals surface area contributed by atoms with Gasteiger partial charge < -0.3 is 15.8 Å². The molecule has 0 atom stereocenters. The van der Waals surface area contributed by atoms with Crippen molar-refractivity contribution in [3.63, 3.8) is 0 Å². The monoisotopic (exact) mass is 212 g/mol. The van der Waals surface area contributed by atoms with Crippen molar-refractivity contribution in [2.24, 2.45) is 5.73 Å². The second-order valence-electron chi connectivity index (χ2n) is 2.92. The zero-order valence-corrected chi connectivity index (χ0v) is 8.42. The number of nitrogens with one attached hydrogen (secondary N) is 1. The highest BCUT2D eigenvalue weighted by Crippen LogP contribution is 2.15. The summed E-state index contributed by atoms with van der Waals surface area (Å²) in [6.07, 6.45) is 0. The van der Waals surface area contributed by atoms with Gasteiger partial charge in [-0.3, -0.25) is 4.79 Å². The Hall–Kier alpha value is -1.62. The Morgan fingerprint density at radius 2 is 2.33 bits per heavy atom. The largest absolute Gasteiger partial charge is 0.484 e. The van der Waals surface area contributed by atoms with Crippen LogP contribution in [0, 0.1) is 5.82 Å². The molecule has 5 heteroatoms. The van der Waals surface area contributed by atoms with E-state index in [2.05, 4.69) is 5.32 Å². The highest BCUT2D eigenvalue weighted by Gasteiger charge is 2.04. The summed E-state index contributed by atoms with van der Waals surface area (Å²) in [5.41, 5.74) is 5.72. The topological polar surface area (TPSA) is 64.3 Å². The highest BCUT2D eigenvalue weighted by molar-refractivity contribution is 5.77. The van der Waals surface area contributed by atoms with Crippen LogP contribution in [0.2, 0.25) is 0 Å². The van der Waals surface area contributed by atoms with Crippen molar-refractivity contribution >= 4 is 5.91 Å². The molecule has 1 aromatic carbocycles. The van der Waals surface area contributed by atoms with E-state index in [1.165, 1.54) is 19.2 Å². The quantitative estimate of drug-likeness (QED) is 0.759. The second kappa shape index (κ2) is 5.31. The van der Waals surface area contributed by atoms with Crippen LogP contribution in [-0.2, 0) is 11.3 Å². The molecule has 1 aromatic rings. The van der Waals surface area contributed by atoms with Crippen LogP contribution in [-0.4, -0.2) is 19.6 Å². The Morgan fingerprint density at radius 3 is 2.87 bits per heavy atom. The molecule has 0 saturated carbocycles. The predicted octanol–water partition coefficient (Wildman–Crippen LogP) is 0.409. The van der Waals surface area contributed by atoms with Crippen molar-refractivity contribution in [3.05, 3.63) is 29.6 Å². The van der Waals surface area contributed by atoms with Gasteiger partial charge in [0.1, 0.15) is 11.6 Å². The molecule has 0 unspecified atom stereocenters. The molecule has 15 heavy (non-hydrogen) atoms. The Bertz CT molecular complexity index is 355. The zero-order chi connectivity index (χ0) is 11.3. The van der Waals surface area contributed by atoms with E-state index >= 15 is 0 Å². The molecule has 0 bridgehead atoms. The first-order valence-corrected chi connectivity index (χ1v) is 4.49. The van der Waals surface area contributed by atoms with Crippen molar-refractivity contribution in [1.29, 1.82) is 0 Å². The van der Waals surface area contributed by atoms with Gasteiger partial charge >= 0.3 is 0 Å². The van der Waals surface area contributed by atoms with Crippen LogP contribution in [0.3, 0.4) is 0 Å². The van der Waals surface area contributed by atoms with E-state index < -0.39 is 5.82 Å². The van der Waals surface area contributed by atoms with E-state index in [0.29, 0.717) is 11.3 Å². The molecule has 1 amide bonds. The van der Waals surface area contributed by atoms with E-state index in [1.807, 2.05) is 0 Å². The molecular weight excluding hydrogens is 199 g/mol. The minimum atomic E-state index is -0.424. The van der Waals surface area contributed by atoms with E-state index in [1.54, 1.807) is 6.07 Å². The Labute approximate surface area is 87.2 Å². The fourth-order valence-electron chi connectivity index (χ4n) is 1.00. The summed E-state index contributed by atoms with van der Waals surface area (Å²) in [6, 6.07) is 4.33. The molecule has 0 spiro atoms. The third-order valence-electron chi connectivity index (χ3n) is 1.89. The number of benzene rings is 1. The van der Waals surface area contributed by atoms with Crippen LogP contribution in [0.5, 0.6) is 5.75 Å². The van der Waals surface area contributed by atoms with Crippen molar-refractivity contribution in [2.75, 3.05) is 13.7 Å². The van der Waals surface area contributed by atoms with Crippen LogP contribution in [0.15, 0.2) is 18.2 Å². The van der Waals surface area contributed by atoms with E-state index in [9.17, 15) is 9.18 Å². The van der Waals surface area contributed by atoms with Crippen LogP contribution in [0.1, 0.15) is 5.56 Å². The molecule has 0 aliphatic rings. The lowest BCUT2D eigenvalue weighted by atomic mass is 10.2. The average Bonchev–Trinajstić information content (AvgIpc) is 2.26. The lowest BCUT2D eigenvalue weighted by Gasteiger charge is -2.06. The van der Waals surface area contributed by atoms with Crippen LogP contribution in [0.25, 0.3) is 0 Å². The molecule has 82 valence electrons. The zero-order valence-electron chi connectivity index (χ0n) is 8.42. The number of carbonyl (C=O) groups is 1. The second-order valence-corrected chi connectivity index (χ2v) is 2.92. The van der Waals surface area contributed by atoms with Crippen LogP contribution < -0.4 is 15.8 Å². The molecule has 0 fully saturated rings. The van der Waals surface area contributed by atoms with E-state index in [0.717, 1.165) is 0 Å². The number of likely N-dealkylation sites (N-methyl/N-ethyl adjacent to an activating group) is 1. The summed E-state index contributed by atoms with van der Waals surface area (Å²) in [5.74, 6) is -0.376. The number of hydrogen-bond donors (Lipinski definition) is 2. The van der Waals surface area contributed by atoms with Gasteiger partial charge in [0.15, 0.2) is 6.61 Å². The summed E-state index contributed by atoms with van der Waals surface area (Å²) >= 11 is 0. The normalized spacial score (nSPS) is 9.80. The maximum atomic E-state index is 13.2. The van der Waals surface area contributed by atoms with Crippen LogP contribution in [0.4, 0.5) is 4.39 Å². The first-order chi connectivity index (χ1) is 7.17. The number of carbonyl (C=O) groups excluding carboxylic acids is 1. The molecular formula is C10H13FN2O2.